The van der Waals surface area contributed by atoms with Crippen molar-refractivity contribution in [1.29, 1.82) is 0 Å². The second-order valence-corrected chi connectivity index (χ2v) is 15.3. The molecule has 0 amide bonds. The Morgan fingerprint density at radius 1 is 1.00 bits per heavy atom. The lowest BCUT2D eigenvalue weighted by atomic mass is 9.99. The number of ether oxygens (including phenoxy) is 1. The van der Waals surface area contributed by atoms with E-state index in [2.05, 4.69) is 71.2 Å². The van der Waals surface area contributed by atoms with E-state index in [1.54, 1.807) is 4.68 Å². The van der Waals surface area contributed by atoms with Crippen LogP contribution in [0.15, 0.2) is 84.5 Å². The average Bonchev–Trinajstić information content (AvgIpc) is 3.49. The molecule has 0 unspecified atom stereocenters. The lowest BCUT2D eigenvalue weighted by Gasteiger charge is -2.15. The first-order chi connectivity index (χ1) is 16.5. The summed E-state index contributed by atoms with van der Waals surface area (Å²) in [5.41, 5.74) is 4.77. The normalized spacial score (nSPS) is 12.6. The van der Waals surface area contributed by atoms with E-state index in [0.717, 1.165) is 51.5 Å². The molecule has 5 aromatic rings. The molecule has 0 bridgehead atoms. The lowest BCUT2D eigenvalue weighted by Crippen LogP contribution is -2.23. The molecule has 7 heteroatoms. The summed E-state index contributed by atoms with van der Waals surface area (Å²) in [4.78, 5) is 4.47. The van der Waals surface area contributed by atoms with E-state index in [9.17, 15) is 0 Å². The molecular formula is C27H29N5OSi. The van der Waals surface area contributed by atoms with Gasteiger partial charge >= 0.3 is 0 Å². The van der Waals surface area contributed by atoms with Gasteiger partial charge in [-0.25, -0.2) is 4.68 Å². The van der Waals surface area contributed by atoms with Crippen LogP contribution in [0.5, 0.6) is 0 Å². The van der Waals surface area contributed by atoms with Crippen LogP contribution in [0.1, 0.15) is 5.69 Å². The van der Waals surface area contributed by atoms with E-state index < -0.39 is 8.07 Å². The summed E-state index contributed by atoms with van der Waals surface area (Å²) in [5.74, 6) is 0. The molecule has 0 spiro atoms. The third kappa shape index (κ3) is 4.85. The Balaban J connectivity index is 1.54. The second kappa shape index (κ2) is 9.36. The van der Waals surface area contributed by atoms with Gasteiger partial charge in [0.25, 0.3) is 0 Å². The highest BCUT2D eigenvalue weighted by atomic mass is 28.3. The van der Waals surface area contributed by atoms with Gasteiger partial charge in [-0.15, -0.1) is 0 Å². The quantitative estimate of drug-likeness (QED) is 0.168. The predicted molar refractivity (Wildman–Crippen MR) is 142 cm³/mol. The van der Waals surface area contributed by atoms with E-state index >= 15 is 0 Å². The van der Waals surface area contributed by atoms with Gasteiger partial charge in [-0.05, 0) is 41.3 Å². The zero-order valence-electron chi connectivity index (χ0n) is 19.8. The lowest BCUT2D eigenvalue weighted by molar-refractivity contribution is 0.186. The Morgan fingerprint density at radius 3 is 2.65 bits per heavy atom. The highest BCUT2D eigenvalue weighted by Gasteiger charge is 2.17. The summed E-state index contributed by atoms with van der Waals surface area (Å²) in [5, 5.41) is 16.0. The van der Waals surface area contributed by atoms with E-state index in [4.69, 9.17) is 9.84 Å². The largest absolute Gasteiger partial charge is 0.375 e. The molecule has 3 heterocycles. The standard InChI is InChI=1S/C27H29N5OSi/c1-34(2,3)15-14-33-19-26(31-32-12-6-7-13-32)27-23-16-20(10-11-25(23)29-30-27)24-18-28-17-21-8-4-5-9-22(21)24/h4-13,16-18H,14-15,19H2,1-3H3,(H,29,30). The predicted octanol–water partition coefficient (Wildman–Crippen LogP) is 6.19. The summed E-state index contributed by atoms with van der Waals surface area (Å²) >= 11 is 0. The fourth-order valence-electron chi connectivity index (χ4n) is 3.97. The Bertz CT molecular complexity index is 1440. The van der Waals surface area contributed by atoms with Crippen molar-refractivity contribution in [3.8, 4) is 11.1 Å². The van der Waals surface area contributed by atoms with Gasteiger partial charge < -0.3 is 4.74 Å². The zero-order valence-corrected chi connectivity index (χ0v) is 20.8. The van der Waals surface area contributed by atoms with Crippen molar-refractivity contribution < 1.29 is 4.74 Å². The molecule has 0 saturated heterocycles. The number of nitrogens with one attached hydrogen (secondary N) is 1. The van der Waals surface area contributed by atoms with Gasteiger partial charge in [-0.1, -0.05) is 50.0 Å². The van der Waals surface area contributed by atoms with Crippen LogP contribution in [0.25, 0.3) is 32.8 Å². The van der Waals surface area contributed by atoms with Crippen molar-refractivity contribution >= 4 is 35.5 Å². The van der Waals surface area contributed by atoms with Crippen LogP contribution < -0.4 is 0 Å². The van der Waals surface area contributed by atoms with Crippen molar-refractivity contribution in [3.05, 3.63) is 85.1 Å². The molecule has 0 radical (unpaired) electrons. The fraction of sp³-hybridized carbons (Fsp3) is 0.222. The van der Waals surface area contributed by atoms with Crippen LogP contribution in [0, 0.1) is 0 Å². The Kier molecular flexibility index (Phi) is 6.13. The van der Waals surface area contributed by atoms with Crippen molar-refractivity contribution in [2.45, 2.75) is 25.7 Å². The molecule has 1 N–H and O–H groups in total. The Labute approximate surface area is 200 Å². The number of benzene rings is 2. The monoisotopic (exact) mass is 467 g/mol. The topological polar surface area (TPSA) is 68.1 Å². The smallest absolute Gasteiger partial charge is 0.118 e. The van der Waals surface area contributed by atoms with Crippen molar-refractivity contribution in [2.24, 2.45) is 5.10 Å². The minimum Gasteiger partial charge on any atom is -0.375 e. The first-order valence-corrected chi connectivity index (χ1v) is 15.3. The molecule has 0 atom stereocenters. The Morgan fingerprint density at radius 2 is 1.82 bits per heavy atom. The van der Waals surface area contributed by atoms with E-state index in [1.165, 1.54) is 5.39 Å². The molecule has 172 valence electrons. The molecule has 2 aromatic carbocycles. The number of rotatable bonds is 8. The number of aromatic amines is 1. The summed E-state index contributed by atoms with van der Waals surface area (Å²) in [6, 6.07) is 19.7. The maximum Gasteiger partial charge on any atom is 0.118 e. The van der Waals surface area contributed by atoms with Gasteiger partial charge in [-0.3, -0.25) is 10.1 Å². The van der Waals surface area contributed by atoms with Gasteiger partial charge in [0.1, 0.15) is 11.4 Å². The van der Waals surface area contributed by atoms with Crippen molar-refractivity contribution in [3.63, 3.8) is 0 Å². The zero-order chi connectivity index (χ0) is 23.5. The molecule has 0 aliphatic carbocycles. The van der Waals surface area contributed by atoms with Gasteiger partial charge in [0.05, 0.1) is 12.1 Å². The summed E-state index contributed by atoms with van der Waals surface area (Å²) in [7, 11) is -1.17. The molecule has 0 aliphatic rings. The number of hydrogen-bond donors (Lipinski definition) is 1. The molecule has 0 aliphatic heterocycles. The van der Waals surface area contributed by atoms with Gasteiger partial charge in [0.2, 0.25) is 0 Å². The highest BCUT2D eigenvalue weighted by Crippen LogP contribution is 2.30. The SMILES string of the molecule is C[Si](C)(C)CCOCC(=Nn1cccc1)c1n[nH]c2ccc(-c3cncc4ccccc34)cc12. The minimum atomic E-state index is -1.17. The molecule has 34 heavy (non-hydrogen) atoms. The van der Waals surface area contributed by atoms with Gasteiger partial charge in [-0.2, -0.15) is 10.2 Å². The molecule has 3 aromatic heterocycles. The molecule has 6 nitrogen and oxygen atoms in total. The third-order valence-corrected chi connectivity index (χ3v) is 7.58. The van der Waals surface area contributed by atoms with Crippen LogP contribution in [0.3, 0.4) is 0 Å². The van der Waals surface area contributed by atoms with Crippen LogP contribution in [0.2, 0.25) is 25.7 Å². The van der Waals surface area contributed by atoms with E-state index in [-0.39, 0.29) is 0 Å². The maximum absolute atomic E-state index is 6.09. The van der Waals surface area contributed by atoms with Gasteiger partial charge in [0, 0.05) is 55.8 Å². The summed E-state index contributed by atoms with van der Waals surface area (Å²) in [6.07, 6.45) is 7.67. The van der Waals surface area contributed by atoms with Crippen molar-refractivity contribution in [1.82, 2.24) is 19.9 Å². The minimum absolute atomic E-state index is 0.405. The van der Waals surface area contributed by atoms with Crippen LogP contribution >= 0.6 is 0 Å². The Hall–Kier alpha value is -3.55. The molecule has 5 rings (SSSR count). The van der Waals surface area contributed by atoms with Gasteiger partial charge in [0.15, 0.2) is 0 Å². The molecule has 0 saturated carbocycles. The average molecular weight is 468 g/mol. The van der Waals surface area contributed by atoms with E-state index in [1.807, 2.05) is 43.0 Å². The maximum atomic E-state index is 6.09. The first-order valence-electron chi connectivity index (χ1n) is 11.6. The molecular weight excluding hydrogens is 438 g/mol. The molecule has 0 fully saturated rings. The van der Waals surface area contributed by atoms with Crippen LogP contribution in [0.4, 0.5) is 0 Å². The fourth-order valence-corrected chi connectivity index (χ4v) is 4.73. The number of hydrogen-bond acceptors (Lipinski definition) is 4. The van der Waals surface area contributed by atoms with Crippen LogP contribution in [-0.2, 0) is 4.74 Å². The number of nitrogens with zero attached hydrogens (tertiary/aromatic N) is 4. The van der Waals surface area contributed by atoms with Crippen molar-refractivity contribution in [2.75, 3.05) is 13.2 Å². The van der Waals surface area contributed by atoms with E-state index in [0.29, 0.717) is 6.61 Å². The van der Waals surface area contributed by atoms with Crippen LogP contribution in [-0.4, -0.2) is 46.9 Å². The second-order valence-electron chi connectivity index (χ2n) is 9.71. The summed E-state index contributed by atoms with van der Waals surface area (Å²) < 4.78 is 7.89. The number of H-pyrrole nitrogens is 1. The number of pyridine rings is 1. The number of fused-ring (bicyclic) bond motifs is 2. The third-order valence-electron chi connectivity index (χ3n) is 5.88. The summed E-state index contributed by atoms with van der Waals surface area (Å²) in [6.45, 7) is 8.21. The highest BCUT2D eigenvalue weighted by molar-refractivity contribution is 6.76. The first kappa shape index (κ1) is 22.2. The number of aromatic nitrogens is 4.